The van der Waals surface area contributed by atoms with Gasteiger partial charge < -0.3 is 4.90 Å². The van der Waals surface area contributed by atoms with E-state index in [0.29, 0.717) is 0 Å². The third kappa shape index (κ3) is 1.53. The van der Waals surface area contributed by atoms with Gasteiger partial charge in [0.15, 0.2) is 0 Å². The van der Waals surface area contributed by atoms with Crippen LogP contribution >= 0.6 is 0 Å². The molecule has 0 saturated heterocycles. The average Bonchev–Trinajstić information content (AvgIpc) is 2.47. The van der Waals surface area contributed by atoms with Gasteiger partial charge in [-0.3, -0.25) is 4.79 Å². The molecule has 1 amide bonds. The molecule has 1 unspecified atom stereocenters. The summed E-state index contributed by atoms with van der Waals surface area (Å²) in [4.78, 5) is 14.6. The number of nitrogens with zero attached hydrogens (tertiary/aromatic N) is 1. The van der Waals surface area contributed by atoms with Gasteiger partial charge in [-0.25, -0.2) is 0 Å². The number of rotatable bonds is 0. The molecule has 19 heavy (non-hydrogen) atoms. The molecule has 94 valence electrons. The minimum absolute atomic E-state index is 0.196. The molecule has 0 N–H and O–H groups in total. The lowest BCUT2D eigenvalue weighted by Crippen LogP contribution is -2.44. The van der Waals surface area contributed by atoms with E-state index in [2.05, 4.69) is 30.3 Å². The van der Waals surface area contributed by atoms with Crippen LogP contribution in [-0.2, 0) is 12.8 Å². The summed E-state index contributed by atoms with van der Waals surface area (Å²) >= 11 is 0. The topological polar surface area (TPSA) is 20.3 Å². The number of carbonyl (C=O) groups excluding carboxylic acids is 1. The van der Waals surface area contributed by atoms with Crippen LogP contribution in [0.25, 0.3) is 0 Å². The smallest absolute Gasteiger partial charge is 0.254 e. The lowest BCUT2D eigenvalue weighted by atomic mass is 9.84. The molecule has 0 spiro atoms. The summed E-state index contributed by atoms with van der Waals surface area (Å²) in [5.41, 5.74) is 4.80. The van der Waals surface area contributed by atoms with E-state index in [4.69, 9.17) is 0 Å². The van der Waals surface area contributed by atoms with Gasteiger partial charge in [-0.15, -0.1) is 0 Å². The van der Waals surface area contributed by atoms with Crippen molar-refractivity contribution in [2.75, 3.05) is 6.54 Å². The van der Waals surface area contributed by atoms with Crippen molar-refractivity contribution in [3.63, 3.8) is 0 Å². The minimum Gasteiger partial charge on any atom is -0.331 e. The third-order valence-corrected chi connectivity index (χ3v) is 4.33. The number of carbonyl (C=O) groups is 1. The van der Waals surface area contributed by atoms with Crippen LogP contribution in [-0.4, -0.2) is 17.4 Å². The Morgan fingerprint density at radius 2 is 1.68 bits per heavy atom. The number of benzene rings is 2. The van der Waals surface area contributed by atoms with Gasteiger partial charge >= 0.3 is 0 Å². The highest BCUT2D eigenvalue weighted by molar-refractivity contribution is 5.97. The molecule has 0 aromatic heterocycles. The zero-order valence-corrected chi connectivity index (χ0v) is 10.7. The van der Waals surface area contributed by atoms with Crippen molar-refractivity contribution in [2.45, 2.75) is 18.9 Å². The Hall–Kier alpha value is -2.09. The molecule has 0 radical (unpaired) electrons. The van der Waals surface area contributed by atoms with E-state index in [-0.39, 0.29) is 11.9 Å². The van der Waals surface area contributed by atoms with Crippen LogP contribution in [0.3, 0.4) is 0 Å². The molecule has 2 aliphatic heterocycles. The molecule has 2 aromatic carbocycles. The summed E-state index contributed by atoms with van der Waals surface area (Å²) in [5.74, 6) is 0.196. The van der Waals surface area contributed by atoms with Gasteiger partial charge in [0.05, 0.1) is 6.04 Å². The fourth-order valence-corrected chi connectivity index (χ4v) is 3.38. The Bertz CT molecular complexity index is 662. The van der Waals surface area contributed by atoms with Gasteiger partial charge in [0, 0.05) is 12.1 Å². The van der Waals surface area contributed by atoms with E-state index < -0.39 is 0 Å². The normalized spacial score (nSPS) is 20.5. The van der Waals surface area contributed by atoms with Crippen molar-refractivity contribution < 1.29 is 4.79 Å². The minimum atomic E-state index is 0.196. The van der Waals surface area contributed by atoms with E-state index in [9.17, 15) is 4.79 Å². The molecular weight excluding hydrogens is 234 g/mol. The van der Waals surface area contributed by atoms with Crippen LogP contribution in [0.4, 0.5) is 0 Å². The summed E-state index contributed by atoms with van der Waals surface area (Å²) in [7, 11) is 0. The Balaban J connectivity index is 1.85. The first-order chi connectivity index (χ1) is 9.34. The number of hydrogen-bond donors (Lipinski definition) is 0. The quantitative estimate of drug-likeness (QED) is 0.703. The molecule has 2 heteroatoms. The third-order valence-electron chi connectivity index (χ3n) is 4.33. The zero-order chi connectivity index (χ0) is 12.8. The molecule has 2 aromatic rings. The van der Waals surface area contributed by atoms with E-state index in [0.717, 1.165) is 24.9 Å². The Labute approximate surface area is 112 Å². The molecule has 2 heterocycles. The van der Waals surface area contributed by atoms with Crippen LogP contribution < -0.4 is 0 Å². The largest absolute Gasteiger partial charge is 0.331 e. The van der Waals surface area contributed by atoms with Crippen molar-refractivity contribution >= 4 is 5.91 Å². The first kappa shape index (κ1) is 10.8. The number of hydrogen-bond acceptors (Lipinski definition) is 1. The summed E-state index contributed by atoms with van der Waals surface area (Å²) in [6.07, 6.45) is 1.92. The van der Waals surface area contributed by atoms with Crippen LogP contribution in [0.5, 0.6) is 0 Å². The number of fused-ring (bicyclic) bond motifs is 4. The van der Waals surface area contributed by atoms with E-state index in [1.54, 1.807) is 0 Å². The molecule has 0 fully saturated rings. The molecule has 4 rings (SSSR count). The second-order valence-electron chi connectivity index (χ2n) is 5.32. The summed E-state index contributed by atoms with van der Waals surface area (Å²) in [6.45, 7) is 0.842. The van der Waals surface area contributed by atoms with Gasteiger partial charge in [-0.05, 0) is 35.6 Å². The molecule has 0 bridgehead atoms. The summed E-state index contributed by atoms with van der Waals surface area (Å²) in [6, 6.07) is 16.8. The second-order valence-corrected chi connectivity index (χ2v) is 5.32. The van der Waals surface area contributed by atoms with Gasteiger partial charge in [-0.2, -0.15) is 0 Å². The SMILES string of the molecule is O=C1c2ccccc2CC2c3ccccc3CCN12. The van der Waals surface area contributed by atoms with Crippen LogP contribution in [0, 0.1) is 0 Å². The van der Waals surface area contributed by atoms with Crippen LogP contribution in [0.1, 0.15) is 33.1 Å². The maximum Gasteiger partial charge on any atom is 0.254 e. The number of amides is 1. The van der Waals surface area contributed by atoms with E-state index in [1.165, 1.54) is 16.7 Å². The average molecular weight is 249 g/mol. The predicted octanol–water partition coefficient (Wildman–Crippen LogP) is 2.98. The highest BCUT2D eigenvalue weighted by atomic mass is 16.2. The Kier molecular flexibility index (Phi) is 2.25. The van der Waals surface area contributed by atoms with Crippen molar-refractivity contribution in [1.82, 2.24) is 4.90 Å². The fourth-order valence-electron chi connectivity index (χ4n) is 3.38. The maximum absolute atomic E-state index is 12.6. The lowest BCUT2D eigenvalue weighted by molar-refractivity contribution is 0.0632. The summed E-state index contributed by atoms with van der Waals surface area (Å²) < 4.78 is 0. The van der Waals surface area contributed by atoms with Gasteiger partial charge in [-0.1, -0.05) is 42.5 Å². The van der Waals surface area contributed by atoms with Crippen molar-refractivity contribution in [2.24, 2.45) is 0 Å². The molecule has 0 saturated carbocycles. The van der Waals surface area contributed by atoms with E-state index in [1.807, 2.05) is 23.1 Å². The summed E-state index contributed by atoms with van der Waals surface area (Å²) in [5, 5.41) is 0. The molecular formula is C17H15NO. The first-order valence-electron chi connectivity index (χ1n) is 6.81. The monoisotopic (exact) mass is 249 g/mol. The first-order valence-corrected chi connectivity index (χ1v) is 6.81. The molecule has 2 aliphatic rings. The maximum atomic E-state index is 12.6. The zero-order valence-electron chi connectivity index (χ0n) is 10.7. The van der Waals surface area contributed by atoms with Gasteiger partial charge in [0.25, 0.3) is 5.91 Å². The van der Waals surface area contributed by atoms with Crippen molar-refractivity contribution in [3.05, 3.63) is 70.8 Å². The van der Waals surface area contributed by atoms with Crippen molar-refractivity contribution in [1.29, 1.82) is 0 Å². The van der Waals surface area contributed by atoms with E-state index >= 15 is 0 Å². The molecule has 0 aliphatic carbocycles. The molecule has 1 atom stereocenters. The highest BCUT2D eigenvalue weighted by Crippen LogP contribution is 2.37. The van der Waals surface area contributed by atoms with Crippen LogP contribution in [0.2, 0.25) is 0 Å². The Morgan fingerprint density at radius 3 is 2.58 bits per heavy atom. The molecule has 2 nitrogen and oxygen atoms in total. The Morgan fingerprint density at radius 1 is 0.947 bits per heavy atom. The fraction of sp³-hybridized carbons (Fsp3) is 0.235. The van der Waals surface area contributed by atoms with Gasteiger partial charge in [0.1, 0.15) is 0 Å². The van der Waals surface area contributed by atoms with Gasteiger partial charge in [0.2, 0.25) is 0 Å². The lowest BCUT2D eigenvalue weighted by Gasteiger charge is -2.41. The van der Waals surface area contributed by atoms with Crippen LogP contribution in [0.15, 0.2) is 48.5 Å². The second kappa shape index (κ2) is 3.95. The van der Waals surface area contributed by atoms with Crippen molar-refractivity contribution in [3.8, 4) is 0 Å². The highest BCUT2D eigenvalue weighted by Gasteiger charge is 2.36. The predicted molar refractivity (Wildman–Crippen MR) is 74.1 cm³/mol. The standard InChI is InChI=1S/C17H15NO/c19-17-15-8-4-2-6-13(15)11-16-14-7-3-1-5-12(14)9-10-18(16)17/h1-8,16H,9-11H2.